The molecule has 0 aromatic heterocycles. The average molecular weight is 212 g/mol. The van der Waals surface area contributed by atoms with Crippen LogP contribution in [-0.2, 0) is 0 Å². The quantitative estimate of drug-likeness (QED) is 0.268. The maximum Gasteiger partial charge on any atom is 0.0215 e. The summed E-state index contributed by atoms with van der Waals surface area (Å²) in [6, 6.07) is 0. The summed E-state index contributed by atoms with van der Waals surface area (Å²) in [5.74, 6) is 0. The third-order valence-electron chi connectivity index (χ3n) is 0.867. The van der Waals surface area contributed by atoms with Gasteiger partial charge in [-0.3, -0.25) is 0 Å². The summed E-state index contributed by atoms with van der Waals surface area (Å²) in [6.07, 6.45) is 2.26. The molecule has 2 heteroatoms. The number of hydrogen-bond donors (Lipinski definition) is 0. The van der Waals surface area contributed by atoms with Crippen LogP contribution in [0.4, 0.5) is 0 Å². The SMILES string of the molecule is PC1C=C1CI. The Bertz CT molecular complexity index is 87.5. The number of allylic oxidation sites excluding steroid dienone is 2. The van der Waals surface area contributed by atoms with Crippen LogP contribution in [0, 0.1) is 0 Å². The van der Waals surface area contributed by atoms with Gasteiger partial charge >= 0.3 is 0 Å². The molecule has 0 bridgehead atoms. The molecule has 0 aromatic rings. The Kier molecular flexibility index (Phi) is 1.50. The molecule has 0 amide bonds. The molecule has 1 rings (SSSR count). The smallest absolute Gasteiger partial charge is 0.0215 e. The largest absolute Gasteiger partial charge is 0.126 e. The van der Waals surface area contributed by atoms with Gasteiger partial charge in [-0.15, -0.1) is 9.24 Å². The first-order valence-corrected chi connectivity index (χ1v) is 4.06. The van der Waals surface area contributed by atoms with E-state index in [-0.39, 0.29) is 0 Å². The summed E-state index contributed by atoms with van der Waals surface area (Å²) in [7, 11) is 2.76. The summed E-state index contributed by atoms with van der Waals surface area (Å²) in [5, 5.41) is 0. The molecule has 1 aliphatic rings. The lowest BCUT2D eigenvalue weighted by Gasteiger charge is -1.77. The van der Waals surface area contributed by atoms with Crippen LogP contribution in [0.3, 0.4) is 0 Å². The predicted octanol–water partition coefficient (Wildman–Crippen LogP) is 1.61. The summed E-state index contributed by atoms with van der Waals surface area (Å²) in [4.78, 5) is 0. The predicted molar refractivity (Wildman–Crippen MR) is 40.5 cm³/mol. The van der Waals surface area contributed by atoms with Gasteiger partial charge in [0, 0.05) is 10.1 Å². The molecule has 34 valence electrons. The van der Waals surface area contributed by atoms with Crippen LogP contribution < -0.4 is 0 Å². The van der Waals surface area contributed by atoms with Crippen molar-refractivity contribution in [3.8, 4) is 0 Å². The number of hydrogen-bond acceptors (Lipinski definition) is 0. The van der Waals surface area contributed by atoms with E-state index in [2.05, 4.69) is 37.9 Å². The standard InChI is InChI=1S/C4H6IP/c5-2-3-1-4(3)6/h1,4H,2,6H2. The zero-order valence-corrected chi connectivity index (χ0v) is 6.63. The first kappa shape index (κ1) is 5.04. The number of rotatable bonds is 1. The molecule has 6 heavy (non-hydrogen) atoms. The Balaban J connectivity index is 2.23. The molecule has 0 fully saturated rings. The van der Waals surface area contributed by atoms with Crippen molar-refractivity contribution in [1.82, 2.24) is 0 Å². The van der Waals surface area contributed by atoms with Crippen LogP contribution in [0.2, 0.25) is 0 Å². The minimum absolute atomic E-state index is 0.766. The van der Waals surface area contributed by atoms with Crippen LogP contribution in [0.15, 0.2) is 11.6 Å². The van der Waals surface area contributed by atoms with Crippen molar-refractivity contribution in [3.63, 3.8) is 0 Å². The first-order valence-electron chi connectivity index (χ1n) is 1.86. The maximum atomic E-state index is 2.76. The van der Waals surface area contributed by atoms with Crippen LogP contribution in [0.25, 0.3) is 0 Å². The van der Waals surface area contributed by atoms with E-state index in [1.54, 1.807) is 5.57 Å². The van der Waals surface area contributed by atoms with E-state index in [0.29, 0.717) is 0 Å². The van der Waals surface area contributed by atoms with Gasteiger partial charge in [-0.2, -0.15) is 0 Å². The van der Waals surface area contributed by atoms with Gasteiger partial charge in [0.1, 0.15) is 0 Å². The molecule has 1 aliphatic carbocycles. The summed E-state index contributed by atoms with van der Waals surface area (Å²) in [5.41, 5.74) is 2.35. The molecule has 0 aromatic carbocycles. The van der Waals surface area contributed by atoms with Gasteiger partial charge in [0.25, 0.3) is 0 Å². The first-order chi connectivity index (χ1) is 2.84. The van der Waals surface area contributed by atoms with Crippen molar-refractivity contribution in [2.75, 3.05) is 4.43 Å². The van der Waals surface area contributed by atoms with Gasteiger partial charge in [0.2, 0.25) is 0 Å². The van der Waals surface area contributed by atoms with E-state index < -0.39 is 0 Å². The van der Waals surface area contributed by atoms with Crippen molar-refractivity contribution < 1.29 is 0 Å². The molecule has 0 saturated carbocycles. The minimum atomic E-state index is 0.766. The second kappa shape index (κ2) is 1.79. The van der Waals surface area contributed by atoms with Crippen LogP contribution in [0.1, 0.15) is 0 Å². The monoisotopic (exact) mass is 212 g/mol. The van der Waals surface area contributed by atoms with Crippen molar-refractivity contribution in [3.05, 3.63) is 11.6 Å². The van der Waals surface area contributed by atoms with Crippen molar-refractivity contribution in [1.29, 1.82) is 0 Å². The van der Waals surface area contributed by atoms with Crippen molar-refractivity contribution in [2.24, 2.45) is 0 Å². The Morgan fingerprint density at radius 3 is 2.50 bits per heavy atom. The van der Waals surface area contributed by atoms with E-state index in [1.165, 1.54) is 4.43 Å². The molecule has 2 atom stereocenters. The molecule has 0 radical (unpaired) electrons. The Labute approximate surface area is 53.7 Å². The fourth-order valence-electron chi connectivity index (χ4n) is 0.316. The van der Waals surface area contributed by atoms with E-state index in [9.17, 15) is 0 Å². The molecule has 2 unspecified atom stereocenters. The normalized spacial score (nSPS) is 29.7. The topological polar surface area (TPSA) is 0 Å². The summed E-state index contributed by atoms with van der Waals surface area (Å²) in [6.45, 7) is 0. The molecular formula is C4H6IP. The molecule has 0 spiro atoms. The van der Waals surface area contributed by atoms with Crippen molar-refractivity contribution in [2.45, 2.75) is 5.66 Å². The fraction of sp³-hybridized carbons (Fsp3) is 0.500. The highest BCUT2D eigenvalue weighted by atomic mass is 127. The second-order valence-electron chi connectivity index (χ2n) is 1.40. The van der Waals surface area contributed by atoms with E-state index in [0.717, 1.165) is 5.66 Å². The van der Waals surface area contributed by atoms with Gasteiger partial charge < -0.3 is 0 Å². The van der Waals surface area contributed by atoms with Gasteiger partial charge in [0.05, 0.1) is 0 Å². The summed E-state index contributed by atoms with van der Waals surface area (Å²) < 4.78 is 1.21. The van der Waals surface area contributed by atoms with Crippen molar-refractivity contribution >= 4 is 31.8 Å². The van der Waals surface area contributed by atoms with Gasteiger partial charge in [-0.25, -0.2) is 0 Å². The lowest BCUT2D eigenvalue weighted by molar-refractivity contribution is 1.54. The average Bonchev–Trinajstić information content (AvgIpc) is 2.19. The number of alkyl halides is 1. The van der Waals surface area contributed by atoms with E-state index in [1.807, 2.05) is 0 Å². The van der Waals surface area contributed by atoms with Crippen LogP contribution >= 0.6 is 31.8 Å². The highest BCUT2D eigenvalue weighted by Crippen LogP contribution is 2.29. The zero-order valence-electron chi connectivity index (χ0n) is 3.32. The Hall–Kier alpha value is 0.900. The maximum absolute atomic E-state index is 2.76. The summed E-state index contributed by atoms with van der Waals surface area (Å²) >= 11 is 2.37. The van der Waals surface area contributed by atoms with Gasteiger partial charge in [-0.05, 0) is 0 Å². The second-order valence-corrected chi connectivity index (χ2v) is 2.88. The third-order valence-corrected chi connectivity index (χ3v) is 2.37. The Morgan fingerprint density at radius 1 is 2.00 bits per heavy atom. The minimum Gasteiger partial charge on any atom is -0.126 e. The highest BCUT2D eigenvalue weighted by molar-refractivity contribution is 14.1. The molecule has 0 nitrogen and oxygen atoms in total. The Morgan fingerprint density at radius 2 is 2.50 bits per heavy atom. The third kappa shape index (κ3) is 0.941. The molecule has 0 N–H and O–H groups in total. The lowest BCUT2D eigenvalue weighted by atomic mass is 10.6. The molecule has 0 saturated heterocycles. The molecular weight excluding hydrogens is 206 g/mol. The van der Waals surface area contributed by atoms with Crippen LogP contribution in [0.5, 0.6) is 0 Å². The molecule has 0 heterocycles. The van der Waals surface area contributed by atoms with Gasteiger partial charge in [0.15, 0.2) is 0 Å². The highest BCUT2D eigenvalue weighted by Gasteiger charge is 2.15. The zero-order chi connectivity index (χ0) is 4.57. The van der Waals surface area contributed by atoms with E-state index in [4.69, 9.17) is 0 Å². The van der Waals surface area contributed by atoms with E-state index >= 15 is 0 Å². The lowest BCUT2D eigenvalue weighted by Crippen LogP contribution is -1.70. The number of halogens is 1. The van der Waals surface area contributed by atoms with Gasteiger partial charge in [-0.1, -0.05) is 34.2 Å². The van der Waals surface area contributed by atoms with Crippen LogP contribution in [-0.4, -0.2) is 10.1 Å². The fourth-order valence-corrected chi connectivity index (χ4v) is 1.92. The molecule has 0 aliphatic heterocycles.